The molecule has 0 amide bonds. The van der Waals surface area contributed by atoms with E-state index in [1.165, 1.54) is 0 Å². The zero-order chi connectivity index (χ0) is 11.5. The van der Waals surface area contributed by atoms with Gasteiger partial charge < -0.3 is 9.47 Å². The van der Waals surface area contributed by atoms with Crippen LogP contribution in [0.25, 0.3) is 0 Å². The van der Waals surface area contributed by atoms with Crippen molar-refractivity contribution in [2.24, 2.45) is 0 Å². The van der Waals surface area contributed by atoms with Gasteiger partial charge in [-0.1, -0.05) is 0 Å². The van der Waals surface area contributed by atoms with Crippen molar-refractivity contribution in [2.75, 3.05) is 7.11 Å². The van der Waals surface area contributed by atoms with E-state index in [0.29, 0.717) is 17.1 Å². The topological polar surface area (TPSA) is 42.2 Å². The Morgan fingerprint density at radius 3 is 2.33 bits per heavy atom. The van der Waals surface area contributed by atoms with Crippen LogP contribution in [0.4, 0.5) is 0 Å². The minimum absolute atomic E-state index is 0.276. The Bertz CT molecular complexity index is 386. The van der Waals surface area contributed by atoms with Gasteiger partial charge in [-0.25, -0.2) is 0 Å². The van der Waals surface area contributed by atoms with Crippen molar-refractivity contribution >= 4 is 0 Å². The fourth-order valence-corrected chi connectivity index (χ4v) is 1.15. The molecule has 0 fully saturated rings. The molecule has 0 aliphatic rings. The Hall–Kier alpha value is -1.69. The van der Waals surface area contributed by atoms with Crippen LogP contribution >= 0.6 is 0 Å². The van der Waals surface area contributed by atoms with Crippen molar-refractivity contribution in [3.63, 3.8) is 0 Å². The van der Waals surface area contributed by atoms with Crippen LogP contribution in [-0.4, -0.2) is 12.7 Å². The first-order valence-corrected chi connectivity index (χ1v) is 4.73. The van der Waals surface area contributed by atoms with Gasteiger partial charge in [0.1, 0.15) is 5.60 Å². The third-order valence-corrected chi connectivity index (χ3v) is 1.71. The third kappa shape index (κ3) is 3.17. The molecule has 0 spiro atoms. The lowest BCUT2D eigenvalue weighted by molar-refractivity contribution is 0.125. The van der Waals surface area contributed by atoms with E-state index in [-0.39, 0.29) is 5.60 Å². The molecule has 0 N–H and O–H groups in total. The van der Waals surface area contributed by atoms with Crippen molar-refractivity contribution in [3.05, 3.63) is 23.8 Å². The molecule has 0 saturated carbocycles. The van der Waals surface area contributed by atoms with Gasteiger partial charge in [0, 0.05) is 6.07 Å². The van der Waals surface area contributed by atoms with Crippen LogP contribution in [0.5, 0.6) is 11.5 Å². The summed E-state index contributed by atoms with van der Waals surface area (Å²) in [5, 5.41) is 8.73. The van der Waals surface area contributed by atoms with Gasteiger partial charge in [-0.2, -0.15) is 5.26 Å². The number of nitriles is 1. The lowest BCUT2D eigenvalue weighted by atomic mass is 10.1. The molecular weight excluding hydrogens is 190 g/mol. The first-order chi connectivity index (χ1) is 6.96. The second kappa shape index (κ2) is 4.22. The molecule has 80 valence electrons. The van der Waals surface area contributed by atoms with Crippen LogP contribution in [0.2, 0.25) is 0 Å². The first-order valence-electron chi connectivity index (χ1n) is 4.73. The minimum Gasteiger partial charge on any atom is -0.493 e. The van der Waals surface area contributed by atoms with Crippen LogP contribution in [0.3, 0.4) is 0 Å². The summed E-state index contributed by atoms with van der Waals surface area (Å²) in [5.41, 5.74) is 0.287. The maximum Gasteiger partial charge on any atom is 0.162 e. The number of hydrogen-bond donors (Lipinski definition) is 0. The van der Waals surface area contributed by atoms with Gasteiger partial charge in [0.2, 0.25) is 0 Å². The highest BCUT2D eigenvalue weighted by Gasteiger charge is 2.15. The Kier molecular flexibility index (Phi) is 3.21. The third-order valence-electron chi connectivity index (χ3n) is 1.71. The summed E-state index contributed by atoms with van der Waals surface area (Å²) in [6.45, 7) is 5.89. The van der Waals surface area contributed by atoms with E-state index >= 15 is 0 Å². The maximum atomic E-state index is 8.73. The summed E-state index contributed by atoms with van der Waals surface area (Å²) in [6.07, 6.45) is 0. The monoisotopic (exact) mass is 205 g/mol. The average Bonchev–Trinajstić information content (AvgIpc) is 2.16. The molecule has 0 aromatic heterocycles. The number of methoxy groups -OCH3 is 1. The molecular formula is C12H15NO2. The lowest BCUT2D eigenvalue weighted by Crippen LogP contribution is -2.23. The van der Waals surface area contributed by atoms with Gasteiger partial charge in [-0.05, 0) is 32.9 Å². The van der Waals surface area contributed by atoms with E-state index in [4.69, 9.17) is 14.7 Å². The zero-order valence-corrected chi connectivity index (χ0v) is 9.50. The predicted octanol–water partition coefficient (Wildman–Crippen LogP) is 2.74. The van der Waals surface area contributed by atoms with Crippen molar-refractivity contribution in [1.29, 1.82) is 5.26 Å². The first kappa shape index (κ1) is 11.4. The average molecular weight is 205 g/mol. The Balaban J connectivity index is 3.04. The van der Waals surface area contributed by atoms with Gasteiger partial charge in [-0.15, -0.1) is 0 Å². The summed E-state index contributed by atoms with van der Waals surface area (Å²) < 4.78 is 10.8. The van der Waals surface area contributed by atoms with E-state index in [1.807, 2.05) is 20.8 Å². The molecule has 1 rings (SSSR count). The number of rotatable bonds is 2. The summed E-state index contributed by atoms with van der Waals surface area (Å²) in [5.74, 6) is 1.24. The van der Waals surface area contributed by atoms with E-state index < -0.39 is 0 Å². The van der Waals surface area contributed by atoms with E-state index in [2.05, 4.69) is 6.07 Å². The standard InChI is InChI=1S/C12H15NO2/c1-12(2,3)15-10-6-5-9(8-13)7-11(10)14-4/h5-7H,1-4H3. The molecule has 0 aliphatic heterocycles. The van der Waals surface area contributed by atoms with E-state index in [9.17, 15) is 0 Å². The molecule has 0 radical (unpaired) electrons. The molecule has 0 bridgehead atoms. The summed E-state index contributed by atoms with van der Waals surface area (Å²) in [7, 11) is 1.56. The van der Waals surface area contributed by atoms with E-state index in [0.717, 1.165) is 0 Å². The fraction of sp³-hybridized carbons (Fsp3) is 0.417. The highest BCUT2D eigenvalue weighted by molar-refractivity contribution is 5.46. The molecule has 3 nitrogen and oxygen atoms in total. The van der Waals surface area contributed by atoms with Gasteiger partial charge >= 0.3 is 0 Å². The van der Waals surface area contributed by atoms with Crippen molar-refractivity contribution < 1.29 is 9.47 Å². The Morgan fingerprint density at radius 1 is 1.20 bits per heavy atom. The predicted molar refractivity (Wildman–Crippen MR) is 58.1 cm³/mol. The second-order valence-electron chi connectivity index (χ2n) is 4.19. The van der Waals surface area contributed by atoms with E-state index in [1.54, 1.807) is 25.3 Å². The molecule has 0 heterocycles. The number of ether oxygens (including phenoxy) is 2. The van der Waals surface area contributed by atoms with Crippen LogP contribution in [0.15, 0.2) is 18.2 Å². The summed E-state index contributed by atoms with van der Waals surface area (Å²) in [6, 6.07) is 7.19. The second-order valence-corrected chi connectivity index (χ2v) is 4.19. The zero-order valence-electron chi connectivity index (χ0n) is 9.50. The molecule has 0 unspecified atom stereocenters. The van der Waals surface area contributed by atoms with Gasteiger partial charge in [0.25, 0.3) is 0 Å². The molecule has 0 atom stereocenters. The molecule has 15 heavy (non-hydrogen) atoms. The van der Waals surface area contributed by atoms with Crippen LogP contribution in [0, 0.1) is 11.3 Å². The highest BCUT2D eigenvalue weighted by atomic mass is 16.5. The molecule has 1 aromatic carbocycles. The SMILES string of the molecule is COc1cc(C#N)ccc1OC(C)(C)C. The number of nitrogens with zero attached hydrogens (tertiary/aromatic N) is 1. The molecule has 0 aliphatic carbocycles. The van der Waals surface area contributed by atoms with Crippen LogP contribution in [-0.2, 0) is 0 Å². The largest absolute Gasteiger partial charge is 0.493 e. The van der Waals surface area contributed by atoms with Crippen molar-refractivity contribution in [2.45, 2.75) is 26.4 Å². The molecule has 3 heteroatoms. The van der Waals surface area contributed by atoms with Crippen molar-refractivity contribution in [1.82, 2.24) is 0 Å². The summed E-state index contributed by atoms with van der Waals surface area (Å²) >= 11 is 0. The van der Waals surface area contributed by atoms with Gasteiger partial charge in [-0.3, -0.25) is 0 Å². The van der Waals surface area contributed by atoms with Crippen LogP contribution < -0.4 is 9.47 Å². The van der Waals surface area contributed by atoms with Gasteiger partial charge in [0.05, 0.1) is 18.7 Å². The summed E-state index contributed by atoms with van der Waals surface area (Å²) in [4.78, 5) is 0. The molecule has 1 aromatic rings. The maximum absolute atomic E-state index is 8.73. The lowest BCUT2D eigenvalue weighted by Gasteiger charge is -2.22. The van der Waals surface area contributed by atoms with Gasteiger partial charge in [0.15, 0.2) is 11.5 Å². The quantitative estimate of drug-likeness (QED) is 0.745. The Morgan fingerprint density at radius 2 is 1.87 bits per heavy atom. The molecule has 0 saturated heterocycles. The number of hydrogen-bond acceptors (Lipinski definition) is 3. The smallest absolute Gasteiger partial charge is 0.162 e. The normalized spacial score (nSPS) is 10.6. The number of benzene rings is 1. The fourth-order valence-electron chi connectivity index (χ4n) is 1.15. The highest BCUT2D eigenvalue weighted by Crippen LogP contribution is 2.30. The van der Waals surface area contributed by atoms with Crippen LogP contribution in [0.1, 0.15) is 26.3 Å². The Labute approximate surface area is 90.2 Å². The minimum atomic E-state index is -0.276. The van der Waals surface area contributed by atoms with Crippen molar-refractivity contribution in [3.8, 4) is 17.6 Å².